The number of unbranched alkanes of at least 4 members (excludes halogenated alkanes) is 2. The zero-order valence-electron chi connectivity index (χ0n) is 18.4. The second-order valence-corrected chi connectivity index (χ2v) is 8.31. The van der Waals surface area contributed by atoms with Crippen LogP contribution in [0.1, 0.15) is 74.1 Å². The summed E-state index contributed by atoms with van der Waals surface area (Å²) in [6.07, 6.45) is 6.22. The lowest BCUT2D eigenvalue weighted by molar-refractivity contribution is -0.143. The lowest BCUT2D eigenvalue weighted by Gasteiger charge is -2.19. The molecule has 32 heavy (non-hydrogen) atoms. The average Bonchev–Trinajstić information content (AvgIpc) is 3.56. The van der Waals surface area contributed by atoms with Gasteiger partial charge in [-0.3, -0.25) is 4.79 Å². The summed E-state index contributed by atoms with van der Waals surface area (Å²) in [6, 6.07) is 4.41. The van der Waals surface area contributed by atoms with Crippen molar-refractivity contribution in [2.45, 2.75) is 63.8 Å². The predicted octanol–water partition coefficient (Wildman–Crippen LogP) is 6.50. The SMILES string of the molecule is C=CCCCCc1cc(F)cc(F)c1-c1cc(C2CC2)c(F)c([C@@H](N)CC(=O)OCC)c1. The van der Waals surface area contributed by atoms with Gasteiger partial charge in [0.2, 0.25) is 0 Å². The van der Waals surface area contributed by atoms with Crippen LogP contribution in [0, 0.1) is 17.5 Å². The number of hydrogen-bond donors (Lipinski definition) is 1. The maximum atomic E-state index is 15.3. The summed E-state index contributed by atoms with van der Waals surface area (Å²) in [5.74, 6) is -2.27. The summed E-state index contributed by atoms with van der Waals surface area (Å²) in [4.78, 5) is 11.9. The number of carbonyl (C=O) groups is 1. The molecule has 0 aliphatic heterocycles. The van der Waals surface area contributed by atoms with Crippen LogP contribution in [0.15, 0.2) is 36.9 Å². The van der Waals surface area contributed by atoms with Gasteiger partial charge in [-0.2, -0.15) is 0 Å². The molecule has 2 aromatic carbocycles. The average molecular weight is 446 g/mol. The molecule has 0 bridgehead atoms. The van der Waals surface area contributed by atoms with Gasteiger partial charge >= 0.3 is 5.97 Å². The number of hydrogen-bond acceptors (Lipinski definition) is 3. The lowest BCUT2D eigenvalue weighted by Crippen LogP contribution is -2.19. The standard InChI is InChI=1S/C26H30F3NO2/c1-3-5-6-7-8-17-11-19(27)14-22(28)25(17)18-12-20(16-9-10-16)26(29)21(13-18)23(30)15-24(31)32-4-2/h3,11-14,16,23H,1,4-10,15,30H2,2H3/t23-/m0/s1. The van der Waals surface area contributed by atoms with Gasteiger partial charge in [-0.25, -0.2) is 13.2 Å². The van der Waals surface area contributed by atoms with Crippen LogP contribution in [0.5, 0.6) is 0 Å². The molecule has 0 heterocycles. The fraction of sp³-hybridized carbons (Fsp3) is 0.423. The van der Waals surface area contributed by atoms with Gasteiger partial charge in [0.25, 0.3) is 0 Å². The molecular formula is C26H30F3NO2. The Morgan fingerprint density at radius 3 is 2.62 bits per heavy atom. The molecule has 6 heteroatoms. The van der Waals surface area contributed by atoms with Gasteiger partial charge < -0.3 is 10.5 Å². The number of rotatable bonds is 11. The molecule has 1 saturated carbocycles. The molecule has 0 unspecified atom stereocenters. The van der Waals surface area contributed by atoms with E-state index in [0.29, 0.717) is 23.1 Å². The molecule has 0 amide bonds. The van der Waals surface area contributed by atoms with Gasteiger partial charge in [-0.15, -0.1) is 6.58 Å². The van der Waals surface area contributed by atoms with Crippen LogP contribution in [0.4, 0.5) is 13.2 Å². The van der Waals surface area contributed by atoms with E-state index in [2.05, 4.69) is 6.58 Å². The first-order valence-electron chi connectivity index (χ1n) is 11.2. The summed E-state index contributed by atoms with van der Waals surface area (Å²) in [6.45, 7) is 5.59. The number of benzene rings is 2. The molecule has 0 spiro atoms. The Labute approximate surface area is 187 Å². The topological polar surface area (TPSA) is 52.3 Å². The predicted molar refractivity (Wildman–Crippen MR) is 120 cm³/mol. The number of aryl methyl sites for hydroxylation is 1. The molecule has 2 aromatic rings. The van der Waals surface area contributed by atoms with Crippen molar-refractivity contribution in [1.29, 1.82) is 0 Å². The van der Waals surface area contributed by atoms with Crippen molar-refractivity contribution in [3.8, 4) is 11.1 Å². The van der Waals surface area contributed by atoms with E-state index in [1.807, 2.05) is 6.08 Å². The minimum Gasteiger partial charge on any atom is -0.466 e. The molecule has 172 valence electrons. The third-order valence-corrected chi connectivity index (χ3v) is 5.77. The second-order valence-electron chi connectivity index (χ2n) is 8.31. The molecule has 1 atom stereocenters. The number of halogens is 3. The molecule has 2 N–H and O–H groups in total. The Morgan fingerprint density at radius 2 is 1.97 bits per heavy atom. The first-order chi connectivity index (χ1) is 15.3. The Morgan fingerprint density at radius 1 is 1.22 bits per heavy atom. The Kier molecular flexibility index (Phi) is 8.13. The molecule has 3 nitrogen and oxygen atoms in total. The zero-order valence-corrected chi connectivity index (χ0v) is 18.4. The Hall–Kier alpha value is -2.60. The van der Waals surface area contributed by atoms with E-state index in [-0.39, 0.29) is 30.1 Å². The third kappa shape index (κ3) is 5.80. The van der Waals surface area contributed by atoms with Crippen LogP contribution in [0.2, 0.25) is 0 Å². The van der Waals surface area contributed by atoms with Crippen molar-refractivity contribution < 1.29 is 22.7 Å². The van der Waals surface area contributed by atoms with Gasteiger partial charge in [0, 0.05) is 23.2 Å². The van der Waals surface area contributed by atoms with Crippen LogP contribution in [0.25, 0.3) is 11.1 Å². The van der Waals surface area contributed by atoms with Crippen LogP contribution in [-0.4, -0.2) is 12.6 Å². The zero-order chi connectivity index (χ0) is 23.3. The highest BCUT2D eigenvalue weighted by molar-refractivity contribution is 5.72. The Balaban J connectivity index is 2.04. The molecular weight excluding hydrogens is 415 g/mol. The molecule has 3 rings (SSSR count). The molecule has 0 saturated heterocycles. The smallest absolute Gasteiger partial charge is 0.307 e. The van der Waals surface area contributed by atoms with Crippen molar-refractivity contribution in [3.05, 3.63) is 71.1 Å². The quantitative estimate of drug-likeness (QED) is 0.244. The van der Waals surface area contributed by atoms with E-state index in [1.54, 1.807) is 13.0 Å². The normalized spacial score (nSPS) is 14.3. The minimum atomic E-state index is -0.925. The van der Waals surface area contributed by atoms with Crippen LogP contribution < -0.4 is 5.73 Å². The Bertz CT molecular complexity index is 986. The summed E-state index contributed by atoms with van der Waals surface area (Å²) >= 11 is 0. The van der Waals surface area contributed by atoms with E-state index in [4.69, 9.17) is 10.5 Å². The fourth-order valence-electron chi connectivity index (χ4n) is 4.04. The van der Waals surface area contributed by atoms with Gasteiger partial charge in [-0.1, -0.05) is 6.08 Å². The summed E-state index contributed by atoms with van der Waals surface area (Å²) in [5, 5.41) is 0. The van der Waals surface area contributed by atoms with Crippen molar-refractivity contribution in [1.82, 2.24) is 0 Å². The van der Waals surface area contributed by atoms with Gasteiger partial charge in [0.1, 0.15) is 17.5 Å². The van der Waals surface area contributed by atoms with Crippen molar-refractivity contribution >= 4 is 5.97 Å². The largest absolute Gasteiger partial charge is 0.466 e. The first kappa shape index (κ1) is 24.1. The van der Waals surface area contributed by atoms with Crippen molar-refractivity contribution in [3.63, 3.8) is 0 Å². The van der Waals surface area contributed by atoms with E-state index in [9.17, 15) is 9.18 Å². The summed E-state index contributed by atoms with van der Waals surface area (Å²) < 4.78 is 49.3. The fourth-order valence-corrected chi connectivity index (χ4v) is 4.04. The van der Waals surface area contributed by atoms with E-state index in [0.717, 1.165) is 38.2 Å². The number of carbonyl (C=O) groups excluding carboxylic acids is 1. The van der Waals surface area contributed by atoms with Crippen LogP contribution in [-0.2, 0) is 16.0 Å². The number of nitrogens with two attached hydrogens (primary N) is 1. The van der Waals surface area contributed by atoms with Gasteiger partial charge in [0.05, 0.1) is 13.0 Å². The maximum Gasteiger partial charge on any atom is 0.307 e. The summed E-state index contributed by atoms with van der Waals surface area (Å²) in [5.41, 5.74) is 8.05. The third-order valence-electron chi connectivity index (χ3n) is 5.77. The highest BCUT2D eigenvalue weighted by Crippen LogP contribution is 2.45. The molecule has 0 aromatic heterocycles. The van der Waals surface area contributed by atoms with Crippen LogP contribution >= 0.6 is 0 Å². The highest BCUT2D eigenvalue weighted by Gasteiger charge is 2.30. The number of ether oxygens (including phenoxy) is 1. The van der Waals surface area contributed by atoms with Crippen molar-refractivity contribution in [2.24, 2.45) is 5.73 Å². The molecule has 0 radical (unpaired) electrons. The summed E-state index contributed by atoms with van der Waals surface area (Å²) in [7, 11) is 0. The minimum absolute atomic E-state index is 0.0445. The maximum absolute atomic E-state index is 15.3. The second kappa shape index (κ2) is 10.8. The molecule has 1 aliphatic carbocycles. The molecule has 1 fully saturated rings. The number of esters is 1. The van der Waals surface area contributed by atoms with Crippen LogP contribution in [0.3, 0.4) is 0 Å². The first-order valence-corrected chi connectivity index (χ1v) is 11.2. The lowest BCUT2D eigenvalue weighted by atomic mass is 9.89. The van der Waals surface area contributed by atoms with E-state index in [1.165, 1.54) is 12.1 Å². The monoisotopic (exact) mass is 445 g/mol. The van der Waals surface area contributed by atoms with E-state index >= 15 is 8.78 Å². The van der Waals surface area contributed by atoms with E-state index < -0.39 is 29.5 Å². The van der Waals surface area contributed by atoms with Gasteiger partial charge in [-0.05, 0) is 86.3 Å². The highest BCUT2D eigenvalue weighted by atomic mass is 19.1. The van der Waals surface area contributed by atoms with Crippen molar-refractivity contribution in [2.75, 3.05) is 6.61 Å². The molecule has 1 aliphatic rings. The number of allylic oxidation sites excluding steroid dienone is 1. The van der Waals surface area contributed by atoms with Gasteiger partial charge in [0.15, 0.2) is 0 Å².